The summed E-state index contributed by atoms with van der Waals surface area (Å²) in [6.45, 7) is 5.75. The highest BCUT2D eigenvalue weighted by molar-refractivity contribution is 5.15. The maximum atomic E-state index is 5.11. The number of aromatic nitrogens is 2. The molecule has 0 amide bonds. The third kappa shape index (κ3) is 13.4. The van der Waals surface area contributed by atoms with Crippen molar-refractivity contribution >= 4 is 0 Å². The molecule has 0 spiro atoms. The Hall–Kier alpha value is -1.57. The van der Waals surface area contributed by atoms with E-state index in [1.54, 1.807) is 0 Å². The molecule has 1 aromatic heterocycles. The summed E-state index contributed by atoms with van der Waals surface area (Å²) in [7, 11) is 0. The van der Waals surface area contributed by atoms with Crippen LogP contribution in [-0.2, 0) is 25.8 Å². The van der Waals surface area contributed by atoms with Gasteiger partial charge in [-0.3, -0.25) is 0 Å². The Bertz CT molecular complexity index is 703. The first-order valence-corrected chi connectivity index (χ1v) is 14.9. The molecule has 2 nitrogen and oxygen atoms in total. The second kappa shape index (κ2) is 19.7. The molecular weight excluding hydrogens is 412 g/mol. The molecule has 0 saturated carbocycles. The van der Waals surface area contributed by atoms with Crippen molar-refractivity contribution in [2.45, 2.75) is 149 Å². The van der Waals surface area contributed by atoms with Crippen LogP contribution in [0.15, 0.2) is 36.5 Å². The molecule has 1 aromatic carbocycles. The fourth-order valence-corrected chi connectivity index (χ4v) is 4.98. The molecule has 34 heavy (non-hydrogen) atoms. The van der Waals surface area contributed by atoms with Gasteiger partial charge in [0, 0.05) is 19.2 Å². The number of nitrogens with zero attached hydrogens (tertiary/aromatic N) is 2. The van der Waals surface area contributed by atoms with Gasteiger partial charge < -0.3 is 4.57 Å². The van der Waals surface area contributed by atoms with Gasteiger partial charge in [0.15, 0.2) is 0 Å². The smallest absolute Gasteiger partial charge is 0.108 e. The van der Waals surface area contributed by atoms with Crippen molar-refractivity contribution in [1.82, 2.24) is 9.55 Å². The summed E-state index contributed by atoms with van der Waals surface area (Å²) >= 11 is 0. The first kappa shape index (κ1) is 28.7. The van der Waals surface area contributed by atoms with E-state index in [-0.39, 0.29) is 0 Å². The molecule has 0 radical (unpaired) electrons. The SMILES string of the molecule is CCCCCCCCCCCCc1nc(CCCc2ccccc2)cn1CCCCCCCC. The zero-order chi connectivity index (χ0) is 24.1. The van der Waals surface area contributed by atoms with Gasteiger partial charge in [-0.15, -0.1) is 0 Å². The van der Waals surface area contributed by atoms with E-state index in [4.69, 9.17) is 4.98 Å². The highest BCUT2D eigenvalue weighted by Crippen LogP contribution is 2.16. The average molecular weight is 467 g/mol. The molecule has 0 aliphatic heterocycles. The lowest BCUT2D eigenvalue weighted by Crippen LogP contribution is -2.03. The maximum absolute atomic E-state index is 5.11. The Morgan fingerprint density at radius 2 is 1.12 bits per heavy atom. The third-order valence-corrected chi connectivity index (χ3v) is 7.16. The topological polar surface area (TPSA) is 17.8 Å². The minimum absolute atomic E-state index is 1.10. The second-order valence-corrected chi connectivity index (χ2v) is 10.4. The molecule has 2 rings (SSSR count). The molecule has 0 aliphatic rings. The van der Waals surface area contributed by atoms with E-state index in [1.165, 1.54) is 126 Å². The second-order valence-electron chi connectivity index (χ2n) is 10.4. The zero-order valence-electron chi connectivity index (χ0n) is 22.7. The van der Waals surface area contributed by atoms with Gasteiger partial charge in [-0.1, -0.05) is 134 Å². The number of imidazole rings is 1. The van der Waals surface area contributed by atoms with Crippen LogP contribution in [0.3, 0.4) is 0 Å². The van der Waals surface area contributed by atoms with Crippen LogP contribution >= 0.6 is 0 Å². The molecule has 1 heterocycles. The maximum Gasteiger partial charge on any atom is 0.108 e. The number of unbranched alkanes of at least 4 members (excludes halogenated alkanes) is 14. The van der Waals surface area contributed by atoms with Gasteiger partial charge in [0.2, 0.25) is 0 Å². The first-order valence-electron chi connectivity index (χ1n) is 14.9. The lowest BCUT2D eigenvalue weighted by molar-refractivity contribution is 0.531. The molecule has 0 aliphatic carbocycles. The van der Waals surface area contributed by atoms with E-state index in [0.717, 1.165) is 25.8 Å². The van der Waals surface area contributed by atoms with Gasteiger partial charge in [0.05, 0.1) is 5.69 Å². The molecule has 0 fully saturated rings. The van der Waals surface area contributed by atoms with Crippen molar-refractivity contribution in [3.8, 4) is 0 Å². The summed E-state index contributed by atoms with van der Waals surface area (Å²) in [6.07, 6.45) is 29.1. The average Bonchev–Trinajstić information content (AvgIpc) is 3.24. The number of aryl methyl sites for hydroxylation is 4. The van der Waals surface area contributed by atoms with Crippen LogP contribution in [-0.4, -0.2) is 9.55 Å². The number of hydrogen-bond acceptors (Lipinski definition) is 1. The lowest BCUT2D eigenvalue weighted by Gasteiger charge is -2.08. The van der Waals surface area contributed by atoms with Crippen molar-refractivity contribution in [2.24, 2.45) is 0 Å². The monoisotopic (exact) mass is 466 g/mol. The molecule has 0 atom stereocenters. The first-order chi connectivity index (χ1) is 16.8. The van der Waals surface area contributed by atoms with Crippen LogP contribution in [0.1, 0.15) is 140 Å². The highest BCUT2D eigenvalue weighted by Gasteiger charge is 2.08. The molecule has 0 bridgehead atoms. The Kier molecular flexibility index (Phi) is 16.6. The van der Waals surface area contributed by atoms with Gasteiger partial charge in [-0.25, -0.2) is 4.98 Å². The summed E-state index contributed by atoms with van der Waals surface area (Å²) in [5, 5.41) is 0. The predicted molar refractivity (Wildman–Crippen MR) is 150 cm³/mol. The van der Waals surface area contributed by atoms with Gasteiger partial charge in [0.1, 0.15) is 5.82 Å². The Labute approximate surface area is 212 Å². The molecule has 0 unspecified atom stereocenters. The van der Waals surface area contributed by atoms with Crippen LogP contribution < -0.4 is 0 Å². The van der Waals surface area contributed by atoms with Crippen molar-refractivity contribution in [2.75, 3.05) is 0 Å². The molecule has 192 valence electrons. The zero-order valence-corrected chi connectivity index (χ0v) is 22.7. The van der Waals surface area contributed by atoms with E-state index in [2.05, 4.69) is 54.9 Å². The van der Waals surface area contributed by atoms with Gasteiger partial charge in [-0.05, 0) is 37.7 Å². The van der Waals surface area contributed by atoms with Gasteiger partial charge in [0.25, 0.3) is 0 Å². The number of benzene rings is 1. The van der Waals surface area contributed by atoms with Crippen molar-refractivity contribution < 1.29 is 0 Å². The van der Waals surface area contributed by atoms with Crippen LogP contribution in [0.5, 0.6) is 0 Å². The molecule has 0 N–H and O–H groups in total. The number of hydrogen-bond donors (Lipinski definition) is 0. The standard InChI is InChI=1S/C32H54N2/c1-3-5-7-9-11-12-13-14-15-20-27-32-33-31(26-22-25-30-23-18-17-19-24-30)29-34(32)28-21-16-10-8-6-4-2/h17-19,23-24,29H,3-16,20-22,25-28H2,1-2H3. The third-order valence-electron chi connectivity index (χ3n) is 7.16. The van der Waals surface area contributed by atoms with Crippen molar-refractivity contribution in [1.29, 1.82) is 0 Å². The van der Waals surface area contributed by atoms with Gasteiger partial charge >= 0.3 is 0 Å². The highest BCUT2D eigenvalue weighted by atomic mass is 15.1. The predicted octanol–water partition coefficient (Wildman–Crippen LogP) is 9.88. The molecule has 0 saturated heterocycles. The van der Waals surface area contributed by atoms with E-state index >= 15 is 0 Å². The van der Waals surface area contributed by atoms with E-state index in [1.807, 2.05) is 0 Å². The molecular formula is C32H54N2. The fraction of sp³-hybridized carbons (Fsp3) is 0.719. The van der Waals surface area contributed by atoms with E-state index < -0.39 is 0 Å². The largest absolute Gasteiger partial charge is 0.335 e. The van der Waals surface area contributed by atoms with E-state index in [0.29, 0.717) is 0 Å². The lowest BCUT2D eigenvalue weighted by atomic mass is 10.1. The van der Waals surface area contributed by atoms with Crippen LogP contribution in [0.2, 0.25) is 0 Å². The summed E-state index contributed by atoms with van der Waals surface area (Å²) in [5.74, 6) is 1.35. The van der Waals surface area contributed by atoms with Crippen LogP contribution in [0, 0.1) is 0 Å². The van der Waals surface area contributed by atoms with Crippen molar-refractivity contribution in [3.05, 3.63) is 53.6 Å². The minimum atomic E-state index is 1.10. The minimum Gasteiger partial charge on any atom is -0.335 e. The summed E-state index contributed by atoms with van der Waals surface area (Å²) < 4.78 is 2.51. The summed E-state index contributed by atoms with van der Waals surface area (Å²) in [6, 6.07) is 10.9. The van der Waals surface area contributed by atoms with E-state index in [9.17, 15) is 0 Å². The Morgan fingerprint density at radius 3 is 1.74 bits per heavy atom. The number of rotatable bonds is 22. The summed E-state index contributed by atoms with van der Waals surface area (Å²) in [4.78, 5) is 5.11. The van der Waals surface area contributed by atoms with Crippen molar-refractivity contribution in [3.63, 3.8) is 0 Å². The van der Waals surface area contributed by atoms with Gasteiger partial charge in [-0.2, -0.15) is 0 Å². The normalized spacial score (nSPS) is 11.4. The molecule has 2 aromatic rings. The molecule has 2 heteroatoms. The van der Waals surface area contributed by atoms with Crippen LogP contribution in [0.25, 0.3) is 0 Å². The Balaban J connectivity index is 1.72. The quantitative estimate of drug-likeness (QED) is 0.158. The fourth-order valence-electron chi connectivity index (χ4n) is 4.98. The van der Waals surface area contributed by atoms with Crippen LogP contribution in [0.4, 0.5) is 0 Å². The Morgan fingerprint density at radius 1 is 0.559 bits per heavy atom. The summed E-state index contributed by atoms with van der Waals surface area (Å²) in [5.41, 5.74) is 2.75.